The minimum absolute atomic E-state index is 0.271. The van der Waals surface area contributed by atoms with Gasteiger partial charge in [0.2, 0.25) is 10.0 Å². The molecule has 0 radical (unpaired) electrons. The number of aryl methyl sites for hydroxylation is 1. The molecule has 0 unspecified atom stereocenters. The van der Waals surface area contributed by atoms with Crippen molar-refractivity contribution >= 4 is 21.6 Å². The molecule has 3 aromatic carbocycles. The van der Waals surface area contributed by atoms with Crippen LogP contribution in [0.5, 0.6) is 5.75 Å². The van der Waals surface area contributed by atoms with E-state index in [0.717, 1.165) is 31.2 Å². The van der Waals surface area contributed by atoms with Crippen molar-refractivity contribution in [2.45, 2.75) is 32.5 Å². The Balaban J connectivity index is 1.60. The van der Waals surface area contributed by atoms with Crippen LogP contribution in [-0.2, 0) is 29.2 Å². The van der Waals surface area contributed by atoms with Crippen molar-refractivity contribution in [1.82, 2.24) is 5.32 Å². The number of ether oxygens (including phenoxy) is 1. The number of alkyl halides is 3. The van der Waals surface area contributed by atoms with Gasteiger partial charge in [-0.25, -0.2) is 8.42 Å². The first-order chi connectivity index (χ1) is 17.5. The molecule has 10 heteroatoms. The van der Waals surface area contributed by atoms with E-state index in [4.69, 9.17) is 4.74 Å². The van der Waals surface area contributed by atoms with Crippen LogP contribution in [0.15, 0.2) is 72.8 Å². The van der Waals surface area contributed by atoms with Crippen molar-refractivity contribution in [2.75, 3.05) is 23.7 Å². The molecule has 0 heterocycles. The van der Waals surface area contributed by atoms with Gasteiger partial charge in [-0.3, -0.25) is 9.10 Å². The number of amides is 1. The lowest BCUT2D eigenvalue weighted by Gasteiger charge is -2.25. The molecule has 0 atom stereocenters. The molecule has 1 amide bonds. The van der Waals surface area contributed by atoms with Gasteiger partial charge in [0.05, 0.1) is 30.6 Å². The van der Waals surface area contributed by atoms with Gasteiger partial charge in [-0.1, -0.05) is 49.7 Å². The second-order valence-corrected chi connectivity index (χ2v) is 10.4. The second-order valence-electron chi connectivity index (χ2n) is 8.48. The highest BCUT2D eigenvalue weighted by atomic mass is 32.2. The van der Waals surface area contributed by atoms with Crippen LogP contribution in [-0.4, -0.2) is 33.7 Å². The van der Waals surface area contributed by atoms with Gasteiger partial charge in [-0.15, -0.1) is 0 Å². The van der Waals surface area contributed by atoms with Crippen molar-refractivity contribution in [2.24, 2.45) is 0 Å². The number of nitrogens with zero attached hydrogens (tertiary/aromatic N) is 1. The van der Waals surface area contributed by atoms with Crippen molar-refractivity contribution in [3.8, 4) is 5.75 Å². The molecule has 0 fully saturated rings. The number of benzene rings is 3. The Labute approximate surface area is 215 Å². The van der Waals surface area contributed by atoms with E-state index in [9.17, 15) is 26.4 Å². The zero-order valence-corrected chi connectivity index (χ0v) is 21.4. The second kappa shape index (κ2) is 12.1. The van der Waals surface area contributed by atoms with Gasteiger partial charge in [0.1, 0.15) is 12.4 Å². The van der Waals surface area contributed by atoms with Crippen LogP contribution in [0, 0.1) is 0 Å². The summed E-state index contributed by atoms with van der Waals surface area (Å²) in [4.78, 5) is 12.4. The van der Waals surface area contributed by atoms with E-state index < -0.39 is 27.5 Å². The Hall–Kier alpha value is -3.53. The summed E-state index contributed by atoms with van der Waals surface area (Å²) in [5.41, 5.74) is 0.480. The molecule has 3 rings (SSSR count). The van der Waals surface area contributed by atoms with Crippen LogP contribution in [0.3, 0.4) is 0 Å². The summed E-state index contributed by atoms with van der Waals surface area (Å²) in [6.45, 7) is 2.34. The lowest BCUT2D eigenvalue weighted by Crippen LogP contribution is -2.31. The standard InChI is InChI=1S/C27H29F3N2O4S/c1-3-6-20-11-15-23(16-12-20)36-18-17-31-26(33)22-13-9-21(10-14-22)19-32(37(2,34)35)25-8-5-4-7-24(25)27(28,29)30/h4-5,7-16H,3,6,17-19H2,1-2H3,(H,31,33). The maximum atomic E-state index is 13.5. The molecule has 3 aromatic rings. The van der Waals surface area contributed by atoms with Gasteiger partial charge in [0.15, 0.2) is 0 Å². The average Bonchev–Trinajstić information content (AvgIpc) is 2.85. The first-order valence-corrected chi connectivity index (χ1v) is 13.6. The summed E-state index contributed by atoms with van der Waals surface area (Å²) in [7, 11) is -4.03. The summed E-state index contributed by atoms with van der Waals surface area (Å²) in [6.07, 6.45) is -1.80. The molecule has 0 aliphatic rings. The van der Waals surface area contributed by atoms with E-state index in [2.05, 4.69) is 12.2 Å². The minimum atomic E-state index is -4.72. The Kier molecular flexibility index (Phi) is 9.20. The largest absolute Gasteiger partial charge is 0.492 e. The zero-order valence-electron chi connectivity index (χ0n) is 20.6. The number of carbonyl (C=O) groups excluding carboxylic acids is 1. The van der Waals surface area contributed by atoms with Gasteiger partial charge in [-0.2, -0.15) is 13.2 Å². The van der Waals surface area contributed by atoms with E-state index in [-0.39, 0.29) is 25.6 Å². The lowest BCUT2D eigenvalue weighted by atomic mass is 10.1. The number of nitrogens with one attached hydrogen (secondary N) is 1. The number of carbonyl (C=O) groups is 1. The molecular weight excluding hydrogens is 505 g/mol. The van der Waals surface area contributed by atoms with E-state index >= 15 is 0 Å². The third-order valence-electron chi connectivity index (χ3n) is 5.54. The number of sulfonamides is 1. The maximum absolute atomic E-state index is 13.5. The predicted octanol–water partition coefficient (Wildman–Crippen LogP) is 5.43. The fourth-order valence-electron chi connectivity index (χ4n) is 3.72. The molecule has 37 heavy (non-hydrogen) atoms. The molecule has 1 N–H and O–H groups in total. The Morgan fingerprint density at radius 1 is 0.946 bits per heavy atom. The third kappa shape index (κ3) is 7.98. The highest BCUT2D eigenvalue weighted by molar-refractivity contribution is 7.92. The molecule has 0 aliphatic carbocycles. The third-order valence-corrected chi connectivity index (χ3v) is 6.67. The molecule has 0 aliphatic heterocycles. The van der Waals surface area contributed by atoms with Gasteiger partial charge in [0.25, 0.3) is 5.91 Å². The smallest absolute Gasteiger partial charge is 0.418 e. The monoisotopic (exact) mass is 534 g/mol. The lowest BCUT2D eigenvalue weighted by molar-refractivity contribution is -0.137. The maximum Gasteiger partial charge on any atom is 0.418 e. The number of halogens is 3. The van der Waals surface area contributed by atoms with E-state index in [0.29, 0.717) is 21.2 Å². The van der Waals surface area contributed by atoms with Crippen LogP contribution in [0.4, 0.5) is 18.9 Å². The molecule has 6 nitrogen and oxygen atoms in total. The van der Waals surface area contributed by atoms with Gasteiger partial charge in [0, 0.05) is 5.56 Å². The molecule has 0 saturated heterocycles. The van der Waals surface area contributed by atoms with E-state index in [1.165, 1.54) is 42.0 Å². The first-order valence-electron chi connectivity index (χ1n) is 11.7. The topological polar surface area (TPSA) is 75.7 Å². The van der Waals surface area contributed by atoms with Crippen LogP contribution in [0.25, 0.3) is 0 Å². The molecule has 0 bridgehead atoms. The number of rotatable bonds is 11. The first kappa shape index (κ1) is 28.0. The molecule has 0 aromatic heterocycles. The molecule has 198 valence electrons. The van der Waals surface area contributed by atoms with Crippen molar-refractivity contribution < 1.29 is 31.1 Å². The Bertz CT molecular complexity index is 1290. The summed E-state index contributed by atoms with van der Waals surface area (Å²) >= 11 is 0. The number of hydrogen-bond acceptors (Lipinski definition) is 4. The quantitative estimate of drug-likeness (QED) is 0.333. The van der Waals surface area contributed by atoms with Gasteiger partial charge >= 0.3 is 6.18 Å². The molecule has 0 spiro atoms. The number of para-hydroxylation sites is 1. The zero-order chi connectivity index (χ0) is 27.1. The number of hydrogen-bond donors (Lipinski definition) is 1. The van der Waals surface area contributed by atoms with Crippen LogP contribution in [0.1, 0.15) is 40.4 Å². The highest BCUT2D eigenvalue weighted by Crippen LogP contribution is 2.37. The summed E-state index contributed by atoms with van der Waals surface area (Å²) in [5, 5.41) is 2.74. The highest BCUT2D eigenvalue weighted by Gasteiger charge is 2.36. The minimum Gasteiger partial charge on any atom is -0.492 e. The normalized spacial score (nSPS) is 11.7. The number of anilines is 1. The van der Waals surface area contributed by atoms with Crippen molar-refractivity contribution in [1.29, 1.82) is 0 Å². The Morgan fingerprint density at radius 2 is 1.57 bits per heavy atom. The van der Waals surface area contributed by atoms with Crippen molar-refractivity contribution in [3.63, 3.8) is 0 Å². The van der Waals surface area contributed by atoms with Gasteiger partial charge in [-0.05, 0) is 53.9 Å². The van der Waals surface area contributed by atoms with Crippen molar-refractivity contribution in [3.05, 3.63) is 95.1 Å². The van der Waals surface area contributed by atoms with Crippen LogP contribution >= 0.6 is 0 Å². The van der Waals surface area contributed by atoms with Gasteiger partial charge < -0.3 is 10.1 Å². The summed E-state index contributed by atoms with van der Waals surface area (Å²) < 4.78 is 71.5. The summed E-state index contributed by atoms with van der Waals surface area (Å²) in [5.74, 6) is 0.358. The fourth-order valence-corrected chi connectivity index (χ4v) is 4.62. The van der Waals surface area contributed by atoms with E-state index in [1.807, 2.05) is 24.3 Å². The summed E-state index contributed by atoms with van der Waals surface area (Å²) in [6, 6.07) is 18.3. The van der Waals surface area contributed by atoms with Crippen LogP contribution < -0.4 is 14.4 Å². The fraction of sp³-hybridized carbons (Fsp3) is 0.296. The Morgan fingerprint density at radius 3 is 2.16 bits per heavy atom. The van der Waals surface area contributed by atoms with Crippen LogP contribution in [0.2, 0.25) is 0 Å². The molecular formula is C27H29F3N2O4S. The average molecular weight is 535 g/mol. The molecule has 0 saturated carbocycles. The predicted molar refractivity (Wildman–Crippen MR) is 137 cm³/mol. The SMILES string of the molecule is CCCc1ccc(OCCNC(=O)c2ccc(CN(c3ccccc3C(F)(F)F)S(C)(=O)=O)cc2)cc1. The van der Waals surface area contributed by atoms with E-state index in [1.54, 1.807) is 0 Å².